The second-order valence-electron chi connectivity index (χ2n) is 5.94. The molecular weight excluding hydrogens is 309 g/mol. The lowest BCUT2D eigenvalue weighted by Crippen LogP contribution is -2.56. The molecule has 0 saturated carbocycles. The van der Waals surface area contributed by atoms with Crippen LogP contribution in [0.3, 0.4) is 0 Å². The highest BCUT2D eigenvalue weighted by molar-refractivity contribution is 5.81. The number of hydrogen-bond acceptors (Lipinski definition) is 3. The van der Waals surface area contributed by atoms with Gasteiger partial charge in [-0.25, -0.2) is 0 Å². The van der Waals surface area contributed by atoms with Crippen molar-refractivity contribution in [2.24, 2.45) is 0 Å². The van der Waals surface area contributed by atoms with Crippen LogP contribution in [0.5, 0.6) is 0 Å². The predicted octanol–water partition coefficient (Wildman–Crippen LogP) is 2.08. The van der Waals surface area contributed by atoms with Crippen LogP contribution in [0, 0.1) is 0 Å². The summed E-state index contributed by atoms with van der Waals surface area (Å²) in [5.41, 5.74) is -1.68. The molecule has 2 rings (SSSR count). The Morgan fingerprint density at radius 3 is 2.39 bits per heavy atom. The number of halogens is 3. The monoisotopic (exact) mass is 330 g/mol. The Hall–Kier alpha value is -1.60. The maximum Gasteiger partial charge on any atom is 0.417 e. The van der Waals surface area contributed by atoms with E-state index in [4.69, 9.17) is 0 Å². The summed E-state index contributed by atoms with van der Waals surface area (Å²) in [4.78, 5) is 13.8. The number of nitrogens with one attached hydrogen (secondary N) is 1. The Morgan fingerprint density at radius 2 is 1.87 bits per heavy atom. The summed E-state index contributed by atoms with van der Waals surface area (Å²) in [6, 6.07) is 8.85. The smallest absolute Gasteiger partial charge is 0.380 e. The summed E-state index contributed by atoms with van der Waals surface area (Å²) < 4.78 is 38.3. The Morgan fingerprint density at radius 1 is 1.30 bits per heavy atom. The number of benzene rings is 1. The van der Waals surface area contributed by atoms with Crippen molar-refractivity contribution in [2.45, 2.75) is 44.1 Å². The zero-order valence-electron chi connectivity index (χ0n) is 12.9. The molecule has 23 heavy (non-hydrogen) atoms. The lowest BCUT2D eigenvalue weighted by Gasteiger charge is -2.40. The SMILES string of the molecule is CC(C(=O)NCc1ccccc1)N1CCC(O)(C(F)(F)F)CC1. The molecule has 0 radical (unpaired) electrons. The maximum absolute atomic E-state index is 12.8. The second kappa shape index (κ2) is 6.88. The molecule has 2 N–H and O–H groups in total. The van der Waals surface area contributed by atoms with Crippen molar-refractivity contribution in [1.29, 1.82) is 0 Å². The van der Waals surface area contributed by atoms with Gasteiger partial charge in [0.05, 0.1) is 6.04 Å². The topological polar surface area (TPSA) is 52.6 Å². The highest BCUT2D eigenvalue weighted by Crippen LogP contribution is 2.38. The summed E-state index contributed by atoms with van der Waals surface area (Å²) in [7, 11) is 0. The van der Waals surface area contributed by atoms with Crippen LogP contribution in [0.25, 0.3) is 0 Å². The molecule has 0 aromatic heterocycles. The van der Waals surface area contributed by atoms with Gasteiger partial charge in [0, 0.05) is 19.6 Å². The van der Waals surface area contributed by atoms with Gasteiger partial charge in [0.25, 0.3) is 0 Å². The molecule has 7 heteroatoms. The number of hydrogen-bond donors (Lipinski definition) is 2. The summed E-state index contributed by atoms with van der Waals surface area (Å²) in [6.07, 6.45) is -5.45. The molecule has 1 heterocycles. The van der Waals surface area contributed by atoms with Crippen molar-refractivity contribution in [3.8, 4) is 0 Å². The van der Waals surface area contributed by atoms with Crippen LogP contribution in [-0.2, 0) is 11.3 Å². The maximum atomic E-state index is 12.8. The number of nitrogens with zero attached hydrogens (tertiary/aromatic N) is 1. The first-order chi connectivity index (χ1) is 10.7. The molecule has 0 spiro atoms. The fourth-order valence-electron chi connectivity index (χ4n) is 2.66. The third-order valence-electron chi connectivity index (χ3n) is 4.39. The number of rotatable bonds is 4. The fraction of sp³-hybridized carbons (Fsp3) is 0.562. The van der Waals surface area contributed by atoms with Crippen molar-refractivity contribution >= 4 is 5.91 Å². The van der Waals surface area contributed by atoms with E-state index < -0.39 is 30.7 Å². The van der Waals surface area contributed by atoms with Crippen LogP contribution in [-0.4, -0.2) is 46.8 Å². The van der Waals surface area contributed by atoms with Gasteiger partial charge >= 0.3 is 6.18 Å². The van der Waals surface area contributed by atoms with E-state index in [-0.39, 0.29) is 19.0 Å². The molecule has 1 aliphatic heterocycles. The van der Waals surface area contributed by atoms with Crippen molar-refractivity contribution in [2.75, 3.05) is 13.1 Å². The number of carbonyl (C=O) groups is 1. The van der Waals surface area contributed by atoms with Gasteiger partial charge in [-0.05, 0) is 25.3 Å². The fourth-order valence-corrected chi connectivity index (χ4v) is 2.66. The molecule has 4 nitrogen and oxygen atoms in total. The van der Waals surface area contributed by atoms with Crippen LogP contribution in [0.2, 0.25) is 0 Å². The number of alkyl halides is 3. The lowest BCUT2D eigenvalue weighted by molar-refractivity contribution is -0.273. The van der Waals surface area contributed by atoms with E-state index in [9.17, 15) is 23.1 Å². The highest BCUT2D eigenvalue weighted by Gasteiger charge is 2.54. The van der Waals surface area contributed by atoms with Crippen molar-refractivity contribution in [1.82, 2.24) is 10.2 Å². The molecule has 1 saturated heterocycles. The first-order valence-corrected chi connectivity index (χ1v) is 7.58. The van der Waals surface area contributed by atoms with E-state index in [0.29, 0.717) is 6.54 Å². The van der Waals surface area contributed by atoms with E-state index in [0.717, 1.165) is 5.56 Å². The molecular formula is C16H21F3N2O2. The number of piperidine rings is 1. The van der Waals surface area contributed by atoms with Crippen LogP contribution in [0.4, 0.5) is 13.2 Å². The number of amides is 1. The normalized spacial score (nSPS) is 20.0. The van der Waals surface area contributed by atoms with Crippen molar-refractivity contribution < 1.29 is 23.1 Å². The Bertz CT molecular complexity index is 526. The quantitative estimate of drug-likeness (QED) is 0.889. The minimum Gasteiger partial charge on any atom is -0.380 e. The van der Waals surface area contributed by atoms with Gasteiger partial charge in [-0.1, -0.05) is 30.3 Å². The van der Waals surface area contributed by atoms with E-state index in [1.54, 1.807) is 11.8 Å². The molecule has 0 aliphatic carbocycles. The molecule has 0 bridgehead atoms. The molecule has 1 aromatic rings. The number of likely N-dealkylation sites (tertiary alicyclic amines) is 1. The van der Waals surface area contributed by atoms with Gasteiger partial charge in [-0.3, -0.25) is 9.69 Å². The van der Waals surface area contributed by atoms with Crippen LogP contribution >= 0.6 is 0 Å². The minimum absolute atomic E-state index is 0.0376. The van der Waals surface area contributed by atoms with Gasteiger partial charge in [0.2, 0.25) is 5.91 Å². The van der Waals surface area contributed by atoms with Gasteiger partial charge in [-0.15, -0.1) is 0 Å². The first-order valence-electron chi connectivity index (χ1n) is 7.58. The van der Waals surface area contributed by atoms with Gasteiger partial charge < -0.3 is 10.4 Å². The Kier molecular flexibility index (Phi) is 5.31. The minimum atomic E-state index is -4.63. The summed E-state index contributed by atoms with van der Waals surface area (Å²) >= 11 is 0. The second-order valence-corrected chi connectivity index (χ2v) is 5.94. The zero-order valence-corrected chi connectivity index (χ0v) is 12.9. The first kappa shape index (κ1) is 17.7. The molecule has 1 atom stereocenters. The van der Waals surface area contributed by atoms with E-state index >= 15 is 0 Å². The predicted molar refractivity (Wildman–Crippen MR) is 79.6 cm³/mol. The summed E-state index contributed by atoms with van der Waals surface area (Å²) in [6.45, 7) is 2.12. The molecule has 1 fully saturated rings. The number of carbonyl (C=O) groups excluding carboxylic acids is 1. The lowest BCUT2D eigenvalue weighted by atomic mass is 9.90. The van der Waals surface area contributed by atoms with Crippen LogP contribution < -0.4 is 5.32 Å². The van der Waals surface area contributed by atoms with Crippen LogP contribution in [0.15, 0.2) is 30.3 Å². The Labute approximate surface area is 133 Å². The van der Waals surface area contributed by atoms with Gasteiger partial charge in [0.1, 0.15) is 0 Å². The molecule has 1 unspecified atom stereocenters. The molecule has 1 aromatic carbocycles. The van der Waals surface area contributed by atoms with Crippen molar-refractivity contribution in [3.05, 3.63) is 35.9 Å². The van der Waals surface area contributed by atoms with E-state index in [1.165, 1.54) is 0 Å². The molecule has 1 aliphatic rings. The van der Waals surface area contributed by atoms with E-state index in [2.05, 4.69) is 5.32 Å². The summed E-state index contributed by atoms with van der Waals surface area (Å²) in [5, 5.41) is 12.4. The van der Waals surface area contributed by atoms with Crippen molar-refractivity contribution in [3.63, 3.8) is 0 Å². The van der Waals surface area contributed by atoms with E-state index in [1.807, 2.05) is 30.3 Å². The van der Waals surface area contributed by atoms with Gasteiger partial charge in [0.15, 0.2) is 5.60 Å². The van der Waals surface area contributed by atoms with Gasteiger partial charge in [-0.2, -0.15) is 13.2 Å². The standard InChI is InChI=1S/C16H21F3N2O2/c1-12(14(22)20-11-13-5-3-2-4-6-13)21-9-7-15(23,8-10-21)16(17,18)19/h2-6,12,23H,7-11H2,1H3,(H,20,22). The third kappa shape index (κ3) is 4.23. The third-order valence-corrected chi connectivity index (χ3v) is 4.39. The Balaban J connectivity index is 1.84. The highest BCUT2D eigenvalue weighted by atomic mass is 19.4. The zero-order chi connectivity index (χ0) is 17.1. The summed E-state index contributed by atoms with van der Waals surface area (Å²) in [5.74, 6) is -0.230. The average molecular weight is 330 g/mol. The average Bonchev–Trinajstić information content (AvgIpc) is 2.52. The number of aliphatic hydroxyl groups is 1. The molecule has 1 amide bonds. The molecule has 128 valence electrons. The largest absolute Gasteiger partial charge is 0.417 e. The van der Waals surface area contributed by atoms with Crippen LogP contribution in [0.1, 0.15) is 25.3 Å².